The van der Waals surface area contributed by atoms with E-state index in [0.29, 0.717) is 13.0 Å². The summed E-state index contributed by atoms with van der Waals surface area (Å²) in [6.45, 7) is 4.53. The quantitative estimate of drug-likeness (QED) is 0.718. The highest BCUT2D eigenvalue weighted by atomic mass is 32.2. The lowest BCUT2D eigenvalue weighted by Crippen LogP contribution is -2.40. The monoisotopic (exact) mass is 230 g/mol. The predicted molar refractivity (Wildman–Crippen MR) is 61.0 cm³/mol. The van der Waals surface area contributed by atoms with Crippen LogP contribution in [0.15, 0.2) is 0 Å². The number of hydrogen-bond donors (Lipinski definition) is 1. The fourth-order valence-electron chi connectivity index (χ4n) is 2.05. The van der Waals surface area contributed by atoms with Gasteiger partial charge in [-0.3, -0.25) is 9.69 Å². The van der Waals surface area contributed by atoms with Gasteiger partial charge in [0.2, 0.25) is 5.91 Å². The van der Waals surface area contributed by atoms with Crippen molar-refractivity contribution in [3.63, 3.8) is 0 Å². The van der Waals surface area contributed by atoms with Crippen molar-refractivity contribution >= 4 is 17.7 Å². The Kier molecular flexibility index (Phi) is 3.88. The molecule has 2 heterocycles. The molecule has 0 aliphatic carbocycles. The smallest absolute Gasteiger partial charge is 0.225 e. The first kappa shape index (κ1) is 11.2. The number of amides is 1. The largest absolute Gasteiger partial charge is 0.391 e. The van der Waals surface area contributed by atoms with Gasteiger partial charge < -0.3 is 10.0 Å². The number of nitrogens with zero attached hydrogens (tertiary/aromatic N) is 2. The van der Waals surface area contributed by atoms with E-state index in [1.54, 1.807) is 4.90 Å². The van der Waals surface area contributed by atoms with E-state index >= 15 is 0 Å². The second kappa shape index (κ2) is 5.18. The molecule has 2 fully saturated rings. The van der Waals surface area contributed by atoms with Crippen LogP contribution in [0.3, 0.4) is 0 Å². The Morgan fingerprint density at radius 3 is 2.67 bits per heavy atom. The topological polar surface area (TPSA) is 43.8 Å². The molecule has 2 aliphatic heterocycles. The Bertz CT molecular complexity index is 231. The van der Waals surface area contributed by atoms with Gasteiger partial charge in [0.05, 0.1) is 12.5 Å². The van der Waals surface area contributed by atoms with E-state index in [2.05, 4.69) is 4.90 Å². The highest BCUT2D eigenvalue weighted by molar-refractivity contribution is 7.99. The van der Waals surface area contributed by atoms with Gasteiger partial charge in [-0.15, -0.1) is 0 Å². The van der Waals surface area contributed by atoms with Crippen LogP contribution in [-0.2, 0) is 4.79 Å². The van der Waals surface area contributed by atoms with Crippen LogP contribution in [0.2, 0.25) is 0 Å². The number of likely N-dealkylation sites (tertiary alicyclic amines) is 1. The molecule has 0 spiro atoms. The molecule has 4 nitrogen and oxygen atoms in total. The lowest BCUT2D eigenvalue weighted by molar-refractivity contribution is -0.127. The van der Waals surface area contributed by atoms with Crippen molar-refractivity contribution in [3.8, 4) is 0 Å². The van der Waals surface area contributed by atoms with E-state index in [4.69, 9.17) is 0 Å². The molecule has 1 unspecified atom stereocenters. The Balaban J connectivity index is 1.70. The van der Waals surface area contributed by atoms with Crippen LogP contribution >= 0.6 is 11.8 Å². The molecule has 15 heavy (non-hydrogen) atoms. The van der Waals surface area contributed by atoms with Crippen molar-refractivity contribution in [1.29, 1.82) is 0 Å². The molecule has 0 aromatic rings. The number of hydrogen-bond acceptors (Lipinski definition) is 4. The standard InChI is InChI=1S/C10H18N2O2S/c13-9-7-10(14)12(8-9)2-1-11-3-5-15-6-4-11/h9,13H,1-8H2. The van der Waals surface area contributed by atoms with Gasteiger partial charge in [0.15, 0.2) is 0 Å². The molecule has 0 aromatic heterocycles. The van der Waals surface area contributed by atoms with Crippen LogP contribution in [0.25, 0.3) is 0 Å². The fraction of sp³-hybridized carbons (Fsp3) is 0.900. The third-order valence-corrected chi connectivity index (χ3v) is 3.93. The second-order valence-corrected chi connectivity index (χ2v) is 5.38. The molecule has 2 saturated heterocycles. The molecular weight excluding hydrogens is 212 g/mol. The molecular formula is C10H18N2O2S. The third-order valence-electron chi connectivity index (χ3n) is 2.98. The Morgan fingerprint density at radius 2 is 2.07 bits per heavy atom. The van der Waals surface area contributed by atoms with Gasteiger partial charge in [0.25, 0.3) is 0 Å². The average Bonchev–Trinajstić information content (AvgIpc) is 2.56. The summed E-state index contributed by atoms with van der Waals surface area (Å²) in [6.07, 6.45) is -0.120. The summed E-state index contributed by atoms with van der Waals surface area (Å²) in [7, 11) is 0. The van der Waals surface area contributed by atoms with Gasteiger partial charge in [-0.2, -0.15) is 11.8 Å². The zero-order valence-electron chi connectivity index (χ0n) is 8.89. The molecule has 0 bridgehead atoms. The maximum absolute atomic E-state index is 11.4. The van der Waals surface area contributed by atoms with Gasteiger partial charge >= 0.3 is 0 Å². The summed E-state index contributed by atoms with van der Waals surface area (Å²) in [5.41, 5.74) is 0. The molecule has 0 saturated carbocycles. The van der Waals surface area contributed by atoms with Gasteiger partial charge in [-0.25, -0.2) is 0 Å². The molecule has 0 radical (unpaired) electrons. The van der Waals surface area contributed by atoms with Crippen LogP contribution in [-0.4, -0.2) is 71.1 Å². The molecule has 5 heteroatoms. The van der Waals surface area contributed by atoms with Gasteiger partial charge in [0, 0.05) is 44.2 Å². The van der Waals surface area contributed by atoms with Gasteiger partial charge in [0.1, 0.15) is 0 Å². The summed E-state index contributed by atoms with van der Waals surface area (Å²) in [5, 5.41) is 9.33. The molecule has 1 atom stereocenters. The maximum Gasteiger partial charge on any atom is 0.225 e. The van der Waals surface area contributed by atoms with Gasteiger partial charge in [-0.1, -0.05) is 0 Å². The summed E-state index contributed by atoms with van der Waals surface area (Å²) in [5.74, 6) is 2.52. The zero-order valence-corrected chi connectivity index (χ0v) is 9.71. The zero-order chi connectivity index (χ0) is 10.7. The van der Waals surface area contributed by atoms with Crippen LogP contribution in [0.1, 0.15) is 6.42 Å². The van der Waals surface area contributed by atoms with Crippen molar-refractivity contribution < 1.29 is 9.90 Å². The van der Waals surface area contributed by atoms with Crippen molar-refractivity contribution in [3.05, 3.63) is 0 Å². The molecule has 2 aliphatic rings. The van der Waals surface area contributed by atoms with Crippen molar-refractivity contribution in [2.45, 2.75) is 12.5 Å². The molecule has 1 N–H and O–H groups in total. The lowest BCUT2D eigenvalue weighted by Gasteiger charge is -2.28. The van der Waals surface area contributed by atoms with Crippen LogP contribution in [0.5, 0.6) is 0 Å². The number of thioether (sulfide) groups is 1. The summed E-state index contributed by atoms with van der Waals surface area (Å²) < 4.78 is 0. The molecule has 0 aromatic carbocycles. The number of carbonyl (C=O) groups excluding carboxylic acids is 1. The van der Waals surface area contributed by atoms with Crippen LogP contribution < -0.4 is 0 Å². The van der Waals surface area contributed by atoms with Crippen molar-refractivity contribution in [1.82, 2.24) is 9.80 Å². The highest BCUT2D eigenvalue weighted by Crippen LogP contribution is 2.12. The lowest BCUT2D eigenvalue weighted by atomic mass is 10.3. The van der Waals surface area contributed by atoms with Crippen molar-refractivity contribution in [2.75, 3.05) is 44.2 Å². The summed E-state index contributed by atoms with van der Waals surface area (Å²) in [6, 6.07) is 0. The number of rotatable bonds is 3. The van der Waals surface area contributed by atoms with E-state index in [0.717, 1.165) is 26.2 Å². The van der Waals surface area contributed by atoms with E-state index in [-0.39, 0.29) is 5.91 Å². The molecule has 2 rings (SSSR count). The Morgan fingerprint density at radius 1 is 1.33 bits per heavy atom. The number of β-amino-alcohol motifs (C(OH)–C–C–N with tert-alkyl or cyclic N) is 1. The van der Waals surface area contributed by atoms with Crippen LogP contribution in [0, 0.1) is 0 Å². The highest BCUT2D eigenvalue weighted by Gasteiger charge is 2.27. The number of aliphatic hydroxyl groups is 1. The Labute approximate surface area is 94.6 Å². The third kappa shape index (κ3) is 3.09. The van der Waals surface area contributed by atoms with E-state index in [1.807, 2.05) is 11.8 Å². The summed E-state index contributed by atoms with van der Waals surface area (Å²) >= 11 is 2.00. The number of carbonyl (C=O) groups is 1. The predicted octanol–water partition coefficient (Wildman–Crippen LogP) is -0.372. The van der Waals surface area contributed by atoms with Gasteiger partial charge in [-0.05, 0) is 0 Å². The number of aliphatic hydroxyl groups excluding tert-OH is 1. The Hall–Kier alpha value is -0.260. The first-order valence-corrected chi connectivity index (χ1v) is 6.67. The normalized spacial score (nSPS) is 28.7. The fourth-order valence-corrected chi connectivity index (χ4v) is 3.03. The minimum Gasteiger partial charge on any atom is -0.391 e. The van der Waals surface area contributed by atoms with Crippen LogP contribution in [0.4, 0.5) is 0 Å². The minimum atomic E-state index is -0.436. The average molecular weight is 230 g/mol. The second-order valence-electron chi connectivity index (χ2n) is 4.15. The van der Waals surface area contributed by atoms with E-state index < -0.39 is 6.10 Å². The summed E-state index contributed by atoms with van der Waals surface area (Å²) in [4.78, 5) is 15.6. The van der Waals surface area contributed by atoms with Crippen molar-refractivity contribution in [2.24, 2.45) is 0 Å². The minimum absolute atomic E-state index is 0.105. The van der Waals surface area contributed by atoms with E-state index in [9.17, 15) is 9.90 Å². The first-order chi connectivity index (χ1) is 7.25. The maximum atomic E-state index is 11.4. The molecule has 1 amide bonds. The SMILES string of the molecule is O=C1CC(O)CN1CCN1CCSCC1. The first-order valence-electron chi connectivity index (χ1n) is 5.51. The molecule has 86 valence electrons. The van der Waals surface area contributed by atoms with E-state index in [1.165, 1.54) is 11.5 Å².